The van der Waals surface area contributed by atoms with Gasteiger partial charge in [0.05, 0.1) is 5.56 Å². The summed E-state index contributed by atoms with van der Waals surface area (Å²) in [6.07, 6.45) is -1.89. The Hall–Kier alpha value is -1.89. The van der Waals surface area contributed by atoms with E-state index in [-0.39, 0.29) is 30.1 Å². The van der Waals surface area contributed by atoms with Crippen molar-refractivity contribution in [3.05, 3.63) is 35.4 Å². The van der Waals surface area contributed by atoms with Crippen molar-refractivity contribution >= 4 is 11.7 Å². The minimum atomic E-state index is -4.42. The molecule has 7 heteroatoms. The van der Waals surface area contributed by atoms with Gasteiger partial charge in [-0.15, -0.1) is 0 Å². The molecule has 0 atom stereocenters. The van der Waals surface area contributed by atoms with Crippen molar-refractivity contribution < 1.29 is 22.8 Å². The van der Waals surface area contributed by atoms with Crippen LogP contribution in [0.4, 0.5) is 13.2 Å². The SMILES string of the molecule is CC1(N2CCN(C(=O)CCC(=O)c3ccc(C(F)(F)F)cc3)CC2)CC1. The van der Waals surface area contributed by atoms with Crippen LogP contribution >= 0.6 is 0 Å². The predicted molar refractivity (Wildman–Crippen MR) is 90.8 cm³/mol. The van der Waals surface area contributed by atoms with Crippen molar-refractivity contribution in [3.63, 3.8) is 0 Å². The van der Waals surface area contributed by atoms with E-state index in [4.69, 9.17) is 0 Å². The monoisotopic (exact) mass is 368 g/mol. The molecule has 0 bridgehead atoms. The molecule has 1 heterocycles. The summed E-state index contributed by atoms with van der Waals surface area (Å²) in [6, 6.07) is 4.13. The minimum Gasteiger partial charge on any atom is -0.340 e. The van der Waals surface area contributed by atoms with Crippen LogP contribution in [0.5, 0.6) is 0 Å². The van der Waals surface area contributed by atoms with Crippen molar-refractivity contribution in [2.45, 2.75) is 44.3 Å². The lowest BCUT2D eigenvalue weighted by molar-refractivity contribution is -0.137. The number of halogens is 3. The molecule has 26 heavy (non-hydrogen) atoms. The second kappa shape index (κ2) is 7.02. The Labute approximate surface area is 151 Å². The molecule has 2 fully saturated rings. The summed E-state index contributed by atoms with van der Waals surface area (Å²) < 4.78 is 37.6. The normalized spacial score (nSPS) is 20.1. The first-order valence-electron chi connectivity index (χ1n) is 8.92. The number of carbonyl (C=O) groups excluding carboxylic acids is 2. The highest BCUT2D eigenvalue weighted by Crippen LogP contribution is 2.41. The molecule has 0 N–H and O–H groups in total. The first-order chi connectivity index (χ1) is 12.2. The van der Waals surface area contributed by atoms with Gasteiger partial charge in [0.15, 0.2) is 5.78 Å². The van der Waals surface area contributed by atoms with Gasteiger partial charge in [-0.2, -0.15) is 13.2 Å². The van der Waals surface area contributed by atoms with E-state index in [1.54, 1.807) is 4.90 Å². The molecule has 1 aliphatic heterocycles. The van der Waals surface area contributed by atoms with E-state index in [9.17, 15) is 22.8 Å². The number of nitrogens with zero attached hydrogens (tertiary/aromatic N) is 2. The van der Waals surface area contributed by atoms with Gasteiger partial charge in [-0.25, -0.2) is 0 Å². The standard InChI is InChI=1S/C19H23F3N2O2/c1-18(8-9-18)24-12-10-23(11-13-24)17(26)7-6-16(25)14-2-4-15(5-3-14)19(20,21)22/h2-5H,6-13H2,1H3. The van der Waals surface area contributed by atoms with E-state index in [1.165, 1.54) is 25.0 Å². The van der Waals surface area contributed by atoms with Gasteiger partial charge in [-0.05, 0) is 31.9 Å². The molecule has 3 rings (SSSR count). The Balaban J connectivity index is 1.46. The lowest BCUT2D eigenvalue weighted by Crippen LogP contribution is -2.52. The highest BCUT2D eigenvalue weighted by Gasteiger charge is 2.44. The van der Waals surface area contributed by atoms with Crippen LogP contribution in [0, 0.1) is 0 Å². The summed E-state index contributed by atoms with van der Waals surface area (Å²) in [5.41, 5.74) is -0.266. The second-order valence-corrected chi connectivity index (χ2v) is 7.36. The summed E-state index contributed by atoms with van der Waals surface area (Å²) in [5, 5.41) is 0. The van der Waals surface area contributed by atoms with Crippen LogP contribution in [0.2, 0.25) is 0 Å². The van der Waals surface area contributed by atoms with Gasteiger partial charge >= 0.3 is 6.18 Å². The Morgan fingerprint density at radius 3 is 2.08 bits per heavy atom. The molecular weight excluding hydrogens is 345 g/mol. The van der Waals surface area contributed by atoms with E-state index in [2.05, 4.69) is 11.8 Å². The van der Waals surface area contributed by atoms with E-state index in [0.717, 1.165) is 25.2 Å². The van der Waals surface area contributed by atoms with Crippen LogP contribution < -0.4 is 0 Å². The molecular formula is C19H23F3N2O2. The number of ketones is 1. The molecule has 4 nitrogen and oxygen atoms in total. The van der Waals surface area contributed by atoms with Crippen LogP contribution in [-0.2, 0) is 11.0 Å². The average Bonchev–Trinajstić information content (AvgIpc) is 3.37. The van der Waals surface area contributed by atoms with Crippen LogP contribution in [0.15, 0.2) is 24.3 Å². The van der Waals surface area contributed by atoms with Gasteiger partial charge < -0.3 is 4.90 Å². The number of hydrogen-bond acceptors (Lipinski definition) is 3. The largest absolute Gasteiger partial charge is 0.416 e. The lowest BCUT2D eigenvalue weighted by atomic mass is 10.0. The van der Waals surface area contributed by atoms with Gasteiger partial charge in [0, 0.05) is 50.1 Å². The quantitative estimate of drug-likeness (QED) is 0.749. The van der Waals surface area contributed by atoms with Gasteiger partial charge in [0.25, 0.3) is 0 Å². The molecule has 0 unspecified atom stereocenters. The maximum Gasteiger partial charge on any atom is 0.416 e. The fourth-order valence-corrected chi connectivity index (χ4v) is 3.36. The first-order valence-corrected chi connectivity index (χ1v) is 8.92. The molecule has 0 aromatic heterocycles. The number of piperazine rings is 1. The Morgan fingerprint density at radius 1 is 1.00 bits per heavy atom. The summed E-state index contributed by atoms with van der Waals surface area (Å²) >= 11 is 0. The molecule has 142 valence electrons. The number of amides is 1. The van der Waals surface area contributed by atoms with Crippen molar-refractivity contribution in [3.8, 4) is 0 Å². The maximum atomic E-state index is 12.5. The number of rotatable bonds is 5. The molecule has 2 aliphatic rings. The molecule has 1 saturated heterocycles. The number of Topliss-reactive ketones (excluding diaryl/α,β-unsaturated/α-hetero) is 1. The van der Waals surface area contributed by atoms with E-state index in [1.807, 2.05) is 0 Å². The maximum absolute atomic E-state index is 12.5. The van der Waals surface area contributed by atoms with Gasteiger partial charge in [-0.1, -0.05) is 12.1 Å². The fourth-order valence-electron chi connectivity index (χ4n) is 3.36. The summed E-state index contributed by atoms with van der Waals surface area (Å²) in [5.74, 6) is -0.373. The highest BCUT2D eigenvalue weighted by atomic mass is 19.4. The lowest BCUT2D eigenvalue weighted by Gasteiger charge is -2.38. The highest BCUT2D eigenvalue weighted by molar-refractivity contribution is 5.98. The van der Waals surface area contributed by atoms with Gasteiger partial charge in [0.2, 0.25) is 5.91 Å². The number of hydrogen-bond donors (Lipinski definition) is 0. The van der Waals surface area contributed by atoms with Crippen molar-refractivity contribution in [1.29, 1.82) is 0 Å². The first kappa shape index (κ1) is 18.9. The third kappa shape index (κ3) is 4.26. The zero-order valence-electron chi connectivity index (χ0n) is 14.8. The van der Waals surface area contributed by atoms with Crippen LogP contribution in [0.3, 0.4) is 0 Å². The van der Waals surface area contributed by atoms with Crippen LogP contribution in [-0.4, -0.2) is 53.2 Å². The minimum absolute atomic E-state index is 0.0160. The number of carbonyl (C=O) groups is 2. The third-order valence-corrected chi connectivity index (χ3v) is 5.47. The predicted octanol–water partition coefficient (Wildman–Crippen LogP) is 3.37. The topological polar surface area (TPSA) is 40.6 Å². The zero-order valence-corrected chi connectivity index (χ0v) is 14.8. The van der Waals surface area contributed by atoms with Crippen LogP contribution in [0.25, 0.3) is 0 Å². The van der Waals surface area contributed by atoms with E-state index in [0.29, 0.717) is 18.6 Å². The second-order valence-electron chi connectivity index (χ2n) is 7.36. The summed E-state index contributed by atoms with van der Waals surface area (Å²) in [7, 11) is 0. The van der Waals surface area contributed by atoms with Gasteiger partial charge in [0.1, 0.15) is 0 Å². The zero-order chi connectivity index (χ0) is 18.9. The Morgan fingerprint density at radius 2 is 1.58 bits per heavy atom. The third-order valence-electron chi connectivity index (χ3n) is 5.47. The number of alkyl halides is 3. The van der Waals surface area contributed by atoms with E-state index < -0.39 is 11.7 Å². The average molecular weight is 368 g/mol. The van der Waals surface area contributed by atoms with Crippen molar-refractivity contribution in [2.24, 2.45) is 0 Å². The molecule has 1 amide bonds. The summed E-state index contributed by atoms with van der Waals surface area (Å²) in [6.45, 7) is 5.29. The Kier molecular flexibility index (Phi) is 5.10. The van der Waals surface area contributed by atoms with Crippen LogP contribution in [0.1, 0.15) is 48.5 Å². The molecule has 1 aliphatic carbocycles. The molecule has 0 radical (unpaired) electrons. The van der Waals surface area contributed by atoms with Crippen molar-refractivity contribution in [2.75, 3.05) is 26.2 Å². The Bertz CT molecular complexity index is 673. The van der Waals surface area contributed by atoms with Crippen molar-refractivity contribution in [1.82, 2.24) is 9.80 Å². The molecule has 1 saturated carbocycles. The molecule has 0 spiro atoms. The summed E-state index contributed by atoms with van der Waals surface area (Å²) in [4.78, 5) is 28.6. The smallest absolute Gasteiger partial charge is 0.340 e. The fraction of sp³-hybridized carbons (Fsp3) is 0.579. The number of benzene rings is 1. The van der Waals surface area contributed by atoms with E-state index >= 15 is 0 Å². The molecule has 1 aromatic carbocycles. The van der Waals surface area contributed by atoms with Gasteiger partial charge in [-0.3, -0.25) is 14.5 Å². The molecule has 1 aromatic rings.